The lowest BCUT2D eigenvalue weighted by molar-refractivity contribution is 0.0725. The van der Waals surface area contributed by atoms with Gasteiger partial charge in [-0.3, -0.25) is 4.79 Å². The van der Waals surface area contributed by atoms with E-state index in [9.17, 15) is 4.79 Å². The molecule has 2 atom stereocenters. The fraction of sp³-hybridized carbons (Fsp3) is 0.429. The van der Waals surface area contributed by atoms with E-state index in [0.717, 1.165) is 29.5 Å². The van der Waals surface area contributed by atoms with Gasteiger partial charge in [0.1, 0.15) is 9.71 Å². The van der Waals surface area contributed by atoms with Gasteiger partial charge >= 0.3 is 0 Å². The fourth-order valence-corrected chi connectivity index (χ4v) is 3.69. The van der Waals surface area contributed by atoms with Gasteiger partial charge in [-0.05, 0) is 31.4 Å². The highest BCUT2D eigenvalue weighted by molar-refractivity contribution is 7.21. The summed E-state index contributed by atoms with van der Waals surface area (Å²) in [4.78, 5) is 18.0. The molecule has 0 radical (unpaired) electrons. The Hall–Kier alpha value is -1.66. The van der Waals surface area contributed by atoms with E-state index in [1.54, 1.807) is 13.3 Å². The second-order valence-electron chi connectivity index (χ2n) is 4.99. The minimum absolute atomic E-state index is 0.0741. The van der Waals surface area contributed by atoms with Gasteiger partial charge in [-0.1, -0.05) is 0 Å². The highest BCUT2D eigenvalue weighted by atomic mass is 32.1. The van der Waals surface area contributed by atoms with Crippen molar-refractivity contribution in [3.63, 3.8) is 0 Å². The number of carbonyl (C=O) groups excluding carboxylic acids is 1. The monoisotopic (exact) mass is 291 g/mol. The summed E-state index contributed by atoms with van der Waals surface area (Å²) in [6.45, 7) is 0. The molecule has 2 aromatic heterocycles. The molecule has 2 heterocycles. The quantitative estimate of drug-likeness (QED) is 0.908. The smallest absolute Gasteiger partial charge is 0.263 e. The molecule has 0 spiro atoms. The number of rotatable bonds is 3. The number of pyridine rings is 1. The molecule has 0 aliphatic heterocycles. The van der Waals surface area contributed by atoms with Gasteiger partial charge in [0.15, 0.2) is 0 Å². The number of nitrogen functional groups attached to an aromatic ring is 1. The number of anilines is 1. The van der Waals surface area contributed by atoms with Crippen molar-refractivity contribution in [1.29, 1.82) is 0 Å². The van der Waals surface area contributed by atoms with Crippen molar-refractivity contribution >= 4 is 33.1 Å². The summed E-state index contributed by atoms with van der Waals surface area (Å²) in [5, 5.41) is 3.88. The molecule has 1 saturated carbocycles. The normalized spacial score (nSPS) is 22.2. The van der Waals surface area contributed by atoms with Crippen LogP contribution in [0.5, 0.6) is 0 Å². The summed E-state index contributed by atoms with van der Waals surface area (Å²) < 4.78 is 5.39. The maximum absolute atomic E-state index is 12.4. The molecular formula is C14H17N3O2S. The number of nitrogens with zero attached hydrogens (tertiary/aromatic N) is 1. The van der Waals surface area contributed by atoms with Gasteiger partial charge in [0, 0.05) is 18.7 Å². The molecule has 3 N–H and O–H groups in total. The van der Waals surface area contributed by atoms with Gasteiger partial charge < -0.3 is 15.8 Å². The van der Waals surface area contributed by atoms with Crippen LogP contribution in [0, 0.1) is 0 Å². The zero-order valence-corrected chi connectivity index (χ0v) is 12.1. The van der Waals surface area contributed by atoms with E-state index in [-0.39, 0.29) is 18.1 Å². The van der Waals surface area contributed by atoms with Crippen molar-refractivity contribution in [2.75, 3.05) is 12.8 Å². The number of aromatic nitrogens is 1. The highest BCUT2D eigenvalue weighted by Gasteiger charge is 2.29. The van der Waals surface area contributed by atoms with Crippen molar-refractivity contribution in [3.8, 4) is 0 Å². The predicted molar refractivity (Wildman–Crippen MR) is 79.9 cm³/mol. The molecular weight excluding hydrogens is 274 g/mol. The Morgan fingerprint density at radius 3 is 3.15 bits per heavy atom. The predicted octanol–water partition coefficient (Wildman–Crippen LogP) is 2.18. The maximum Gasteiger partial charge on any atom is 0.263 e. The minimum atomic E-state index is -0.126. The van der Waals surface area contributed by atoms with Gasteiger partial charge in [0.25, 0.3) is 5.91 Å². The van der Waals surface area contributed by atoms with E-state index in [0.29, 0.717) is 10.6 Å². The van der Waals surface area contributed by atoms with Gasteiger partial charge in [-0.25, -0.2) is 4.98 Å². The van der Waals surface area contributed by atoms with E-state index in [2.05, 4.69) is 10.3 Å². The molecule has 1 amide bonds. The Morgan fingerprint density at radius 2 is 2.40 bits per heavy atom. The molecule has 0 bridgehead atoms. The minimum Gasteiger partial charge on any atom is -0.397 e. The molecule has 3 rings (SSSR count). The van der Waals surface area contributed by atoms with Crippen LogP contribution in [0.4, 0.5) is 5.69 Å². The van der Waals surface area contributed by atoms with Crippen molar-refractivity contribution < 1.29 is 9.53 Å². The average Bonchev–Trinajstić information content (AvgIpc) is 3.04. The number of hydrogen-bond acceptors (Lipinski definition) is 5. The van der Waals surface area contributed by atoms with Gasteiger partial charge in [-0.2, -0.15) is 0 Å². The summed E-state index contributed by atoms with van der Waals surface area (Å²) >= 11 is 1.34. The Labute approximate surface area is 121 Å². The van der Waals surface area contributed by atoms with E-state index in [4.69, 9.17) is 10.5 Å². The lowest BCUT2D eigenvalue weighted by Gasteiger charge is -2.19. The first-order chi connectivity index (χ1) is 9.70. The number of nitrogens with two attached hydrogens (primary N) is 1. The van der Waals surface area contributed by atoms with Gasteiger partial charge in [0.05, 0.1) is 17.8 Å². The van der Waals surface area contributed by atoms with E-state index in [1.165, 1.54) is 11.3 Å². The van der Waals surface area contributed by atoms with Crippen molar-refractivity contribution in [2.45, 2.75) is 31.4 Å². The molecule has 2 unspecified atom stereocenters. The lowest BCUT2D eigenvalue weighted by Crippen LogP contribution is -2.40. The van der Waals surface area contributed by atoms with Crippen LogP contribution in [-0.2, 0) is 4.74 Å². The third-order valence-electron chi connectivity index (χ3n) is 3.78. The Bertz CT molecular complexity index is 640. The molecule has 20 heavy (non-hydrogen) atoms. The molecule has 6 heteroatoms. The molecule has 2 aromatic rings. The first kappa shape index (κ1) is 13.3. The summed E-state index contributed by atoms with van der Waals surface area (Å²) in [5.74, 6) is -0.126. The van der Waals surface area contributed by atoms with Crippen LogP contribution in [0.3, 0.4) is 0 Å². The van der Waals surface area contributed by atoms with Crippen LogP contribution in [0.2, 0.25) is 0 Å². The van der Waals surface area contributed by atoms with Crippen LogP contribution in [0.15, 0.2) is 18.3 Å². The molecule has 0 aromatic carbocycles. The number of thiophene rings is 1. The number of ether oxygens (including phenoxy) is 1. The second kappa shape index (κ2) is 5.38. The van der Waals surface area contributed by atoms with E-state index in [1.807, 2.05) is 12.1 Å². The summed E-state index contributed by atoms with van der Waals surface area (Å²) in [6.07, 6.45) is 4.83. The maximum atomic E-state index is 12.4. The summed E-state index contributed by atoms with van der Waals surface area (Å²) in [7, 11) is 1.69. The number of fused-ring (bicyclic) bond motifs is 1. The van der Waals surface area contributed by atoms with Crippen LogP contribution in [0.25, 0.3) is 10.2 Å². The number of methoxy groups -OCH3 is 1. The van der Waals surface area contributed by atoms with Crippen molar-refractivity contribution in [3.05, 3.63) is 23.2 Å². The first-order valence-electron chi connectivity index (χ1n) is 6.67. The number of amides is 1. The Morgan fingerprint density at radius 1 is 1.55 bits per heavy atom. The fourth-order valence-electron chi connectivity index (χ4n) is 2.73. The number of carbonyl (C=O) groups is 1. The molecule has 0 saturated heterocycles. The van der Waals surface area contributed by atoms with E-state index >= 15 is 0 Å². The van der Waals surface area contributed by atoms with Crippen LogP contribution in [-0.4, -0.2) is 30.1 Å². The Kier molecular flexibility index (Phi) is 3.58. The van der Waals surface area contributed by atoms with Gasteiger partial charge in [0.2, 0.25) is 0 Å². The zero-order chi connectivity index (χ0) is 14.1. The third-order valence-corrected chi connectivity index (χ3v) is 4.91. The summed E-state index contributed by atoms with van der Waals surface area (Å²) in [5.41, 5.74) is 6.58. The molecule has 1 fully saturated rings. The first-order valence-corrected chi connectivity index (χ1v) is 7.49. The standard InChI is InChI=1S/C14H17N3O2S/c1-19-10-6-2-5-9(10)17-13(18)12-11(15)8-4-3-7-16-14(8)20-12/h3-4,7,9-10H,2,5-6,15H2,1H3,(H,17,18). The molecule has 5 nitrogen and oxygen atoms in total. The van der Waals surface area contributed by atoms with Crippen LogP contribution >= 0.6 is 11.3 Å². The lowest BCUT2D eigenvalue weighted by atomic mass is 10.2. The van der Waals surface area contributed by atoms with Crippen LogP contribution in [0.1, 0.15) is 28.9 Å². The third kappa shape index (κ3) is 2.25. The highest BCUT2D eigenvalue weighted by Crippen LogP contribution is 2.32. The second-order valence-corrected chi connectivity index (χ2v) is 5.99. The Balaban J connectivity index is 1.84. The number of nitrogens with one attached hydrogen (secondary N) is 1. The average molecular weight is 291 g/mol. The molecule has 1 aliphatic rings. The zero-order valence-electron chi connectivity index (χ0n) is 11.3. The molecule has 106 valence electrons. The van der Waals surface area contributed by atoms with Gasteiger partial charge in [-0.15, -0.1) is 11.3 Å². The van der Waals surface area contributed by atoms with Crippen molar-refractivity contribution in [2.24, 2.45) is 0 Å². The summed E-state index contributed by atoms with van der Waals surface area (Å²) in [6, 6.07) is 3.79. The van der Waals surface area contributed by atoms with Crippen molar-refractivity contribution in [1.82, 2.24) is 10.3 Å². The van der Waals surface area contributed by atoms with Crippen LogP contribution < -0.4 is 11.1 Å². The largest absolute Gasteiger partial charge is 0.397 e. The topological polar surface area (TPSA) is 77.2 Å². The SMILES string of the molecule is COC1CCCC1NC(=O)c1sc2ncccc2c1N. The molecule has 1 aliphatic carbocycles. The van der Waals surface area contributed by atoms with E-state index < -0.39 is 0 Å². The number of hydrogen-bond donors (Lipinski definition) is 2.